The molecule has 9 nitrogen and oxygen atoms in total. The highest BCUT2D eigenvalue weighted by atomic mass is 32.2. The maximum atomic E-state index is 12.5. The standard InChI is InChI=1S/C13H15N3O6S/c1-4-7(22-6(3)17)8-11(18)16-9(13(19)20)5(2)10(15-14)23(21)12(8)16/h7-8,12H,4H2,1-3H3,(H,19,20)/t7?,8-,12-,23-/m0/s1. The number of ether oxygens (including phenoxy) is 1. The number of carboxylic acid groups (broad SMARTS) is 1. The number of carboxylic acids is 1. The highest BCUT2D eigenvalue weighted by molar-refractivity contribution is 8.01. The molecule has 2 aliphatic rings. The van der Waals surface area contributed by atoms with Crippen molar-refractivity contribution in [3.05, 3.63) is 16.8 Å². The Labute approximate surface area is 134 Å². The number of hydrogen-bond donors (Lipinski definition) is 1. The number of hydrogen-bond acceptors (Lipinski definition) is 5. The zero-order valence-electron chi connectivity index (χ0n) is 12.7. The van der Waals surface area contributed by atoms with Gasteiger partial charge >= 0.3 is 17.0 Å². The van der Waals surface area contributed by atoms with Crippen LogP contribution in [0.4, 0.5) is 0 Å². The minimum atomic E-state index is -1.93. The zero-order chi connectivity index (χ0) is 17.5. The van der Waals surface area contributed by atoms with Crippen molar-refractivity contribution in [1.29, 1.82) is 0 Å². The third-order valence-electron chi connectivity index (χ3n) is 3.82. The third-order valence-corrected chi connectivity index (χ3v) is 5.54. The highest BCUT2D eigenvalue weighted by Gasteiger charge is 2.62. The summed E-state index contributed by atoms with van der Waals surface area (Å²) in [7, 11) is -1.93. The van der Waals surface area contributed by atoms with Gasteiger partial charge in [0.1, 0.15) is 23.1 Å². The van der Waals surface area contributed by atoms with Gasteiger partial charge < -0.3 is 15.4 Å². The monoisotopic (exact) mass is 341 g/mol. The van der Waals surface area contributed by atoms with E-state index in [1.54, 1.807) is 6.92 Å². The largest absolute Gasteiger partial charge is 0.477 e. The molecule has 1 saturated heterocycles. The summed E-state index contributed by atoms with van der Waals surface area (Å²) in [6.07, 6.45) is -0.521. The van der Waals surface area contributed by atoms with Crippen LogP contribution < -0.4 is 0 Å². The molecule has 0 radical (unpaired) electrons. The number of fused-ring (bicyclic) bond motifs is 1. The molecule has 4 atom stereocenters. The van der Waals surface area contributed by atoms with Crippen LogP contribution >= 0.6 is 0 Å². The summed E-state index contributed by atoms with van der Waals surface area (Å²) in [5, 5.41) is 7.98. The van der Waals surface area contributed by atoms with Gasteiger partial charge in [0.05, 0.1) is 5.57 Å². The van der Waals surface area contributed by atoms with Crippen LogP contribution in [0.25, 0.3) is 5.53 Å². The molecule has 0 saturated carbocycles. The molecule has 2 aliphatic heterocycles. The first-order chi connectivity index (χ1) is 10.8. The van der Waals surface area contributed by atoms with Gasteiger partial charge in [0.15, 0.2) is 10.8 Å². The zero-order valence-corrected chi connectivity index (χ0v) is 13.5. The molecule has 1 unspecified atom stereocenters. The van der Waals surface area contributed by atoms with Crippen LogP contribution in [0.3, 0.4) is 0 Å². The fraction of sp³-hybridized carbons (Fsp3) is 0.538. The Morgan fingerprint density at radius 1 is 1.52 bits per heavy atom. The Bertz CT molecular complexity index is 708. The van der Waals surface area contributed by atoms with Gasteiger partial charge in [-0.2, -0.15) is 4.79 Å². The average Bonchev–Trinajstić information content (AvgIpc) is 2.46. The van der Waals surface area contributed by atoms with Gasteiger partial charge in [-0.1, -0.05) is 6.92 Å². The van der Waals surface area contributed by atoms with E-state index in [4.69, 9.17) is 10.3 Å². The van der Waals surface area contributed by atoms with Crippen LogP contribution in [0.2, 0.25) is 0 Å². The van der Waals surface area contributed by atoms with E-state index in [0.29, 0.717) is 6.42 Å². The minimum Gasteiger partial charge on any atom is -0.477 e. The van der Waals surface area contributed by atoms with Crippen LogP contribution in [0.15, 0.2) is 11.3 Å². The third kappa shape index (κ3) is 2.49. The van der Waals surface area contributed by atoms with E-state index >= 15 is 0 Å². The molecule has 124 valence electrons. The number of β-lactam (4-membered cyclic amide) rings is 1. The van der Waals surface area contributed by atoms with Crippen molar-refractivity contribution >= 4 is 33.7 Å². The van der Waals surface area contributed by atoms with Gasteiger partial charge in [-0.25, -0.2) is 9.00 Å². The summed E-state index contributed by atoms with van der Waals surface area (Å²) in [5.41, 5.74) is 8.62. The predicted octanol–water partition coefficient (Wildman–Crippen LogP) is -0.138. The lowest BCUT2D eigenvalue weighted by Gasteiger charge is -2.49. The van der Waals surface area contributed by atoms with E-state index in [-0.39, 0.29) is 16.3 Å². The van der Waals surface area contributed by atoms with Gasteiger partial charge in [-0.15, -0.1) is 0 Å². The Hall–Kier alpha value is -2.32. The Balaban J connectivity index is 2.50. The number of carbonyl (C=O) groups excluding carboxylic acids is 2. The number of amides is 1. The van der Waals surface area contributed by atoms with Crippen LogP contribution in [-0.2, 0) is 29.9 Å². The molecule has 0 bridgehead atoms. The summed E-state index contributed by atoms with van der Waals surface area (Å²) in [6.45, 7) is 4.20. The summed E-state index contributed by atoms with van der Waals surface area (Å²) < 4.78 is 17.6. The number of esters is 1. The van der Waals surface area contributed by atoms with E-state index in [1.165, 1.54) is 13.8 Å². The van der Waals surface area contributed by atoms with Gasteiger partial charge in [-0.05, 0) is 13.3 Å². The second-order valence-electron chi connectivity index (χ2n) is 5.16. The fourth-order valence-corrected chi connectivity index (χ4v) is 4.51. The Morgan fingerprint density at radius 3 is 2.57 bits per heavy atom. The first-order valence-corrected chi connectivity index (χ1v) is 8.05. The molecule has 10 heteroatoms. The lowest BCUT2D eigenvalue weighted by atomic mass is 9.88. The van der Waals surface area contributed by atoms with E-state index in [0.717, 1.165) is 4.90 Å². The molecular formula is C13H15N3O6S. The molecular weight excluding hydrogens is 326 g/mol. The normalized spacial score (nSPS) is 27.8. The number of carbonyl (C=O) groups is 3. The van der Waals surface area contributed by atoms with Crippen molar-refractivity contribution in [2.24, 2.45) is 5.92 Å². The first-order valence-electron chi connectivity index (χ1n) is 6.83. The van der Waals surface area contributed by atoms with E-state index in [2.05, 4.69) is 4.79 Å². The smallest absolute Gasteiger partial charge is 0.386 e. The molecule has 0 aromatic heterocycles. The van der Waals surface area contributed by atoms with Crippen molar-refractivity contribution in [3.63, 3.8) is 0 Å². The van der Waals surface area contributed by atoms with Crippen molar-refractivity contribution in [3.8, 4) is 0 Å². The number of nitrogens with zero attached hydrogens (tertiary/aromatic N) is 3. The second-order valence-corrected chi connectivity index (χ2v) is 6.63. The van der Waals surface area contributed by atoms with Crippen LogP contribution in [0, 0.1) is 5.92 Å². The average molecular weight is 341 g/mol. The van der Waals surface area contributed by atoms with Gasteiger partial charge in [0.25, 0.3) is 0 Å². The molecule has 1 N–H and O–H groups in total. The molecule has 0 aliphatic carbocycles. The molecule has 2 heterocycles. The number of rotatable bonds is 4. The maximum Gasteiger partial charge on any atom is 0.386 e. The first kappa shape index (κ1) is 17.0. The topological polar surface area (TPSA) is 137 Å². The van der Waals surface area contributed by atoms with Gasteiger partial charge in [-0.3, -0.25) is 14.5 Å². The lowest BCUT2D eigenvalue weighted by Crippen LogP contribution is -2.69. The molecule has 0 aromatic carbocycles. The van der Waals surface area contributed by atoms with Crippen LogP contribution in [0.1, 0.15) is 27.2 Å². The van der Waals surface area contributed by atoms with Gasteiger partial charge in [0.2, 0.25) is 5.91 Å². The Kier molecular flexibility index (Phi) is 4.49. The minimum absolute atomic E-state index is 0.0399. The van der Waals surface area contributed by atoms with Crippen molar-refractivity contribution in [2.45, 2.75) is 38.7 Å². The van der Waals surface area contributed by atoms with Crippen LogP contribution in [-0.4, -0.2) is 53.4 Å². The SMILES string of the molecule is CCC(OC(C)=O)[C@H]1C(=O)N2C(C(=O)O)=C(C)C(=[N+]=[N-])[S@](=O)[C@@H]12. The highest BCUT2D eigenvalue weighted by Crippen LogP contribution is 2.42. The van der Waals surface area contributed by atoms with Crippen molar-refractivity contribution < 1.29 is 33.2 Å². The summed E-state index contributed by atoms with van der Waals surface area (Å²) >= 11 is 0. The second kappa shape index (κ2) is 6.05. The molecule has 1 amide bonds. The van der Waals surface area contributed by atoms with Crippen molar-refractivity contribution in [2.75, 3.05) is 0 Å². The quantitative estimate of drug-likeness (QED) is 0.327. The molecule has 23 heavy (non-hydrogen) atoms. The molecule has 0 aromatic rings. The predicted molar refractivity (Wildman–Crippen MR) is 77.1 cm³/mol. The Morgan fingerprint density at radius 2 is 2.13 bits per heavy atom. The summed E-state index contributed by atoms with van der Waals surface area (Å²) in [5.74, 6) is -3.50. The van der Waals surface area contributed by atoms with Crippen LogP contribution in [0.5, 0.6) is 0 Å². The van der Waals surface area contributed by atoms with E-state index in [1.807, 2.05) is 0 Å². The molecule has 0 spiro atoms. The maximum absolute atomic E-state index is 12.5. The van der Waals surface area contributed by atoms with E-state index < -0.39 is 46.0 Å². The van der Waals surface area contributed by atoms with E-state index in [9.17, 15) is 23.7 Å². The molecule has 1 fully saturated rings. The summed E-state index contributed by atoms with van der Waals surface area (Å²) in [4.78, 5) is 38.8. The lowest BCUT2D eigenvalue weighted by molar-refractivity contribution is -0.167. The van der Waals surface area contributed by atoms with Gasteiger partial charge in [0, 0.05) is 6.92 Å². The van der Waals surface area contributed by atoms with Crippen molar-refractivity contribution in [1.82, 2.24) is 4.90 Å². The molecule has 2 rings (SSSR count). The fourth-order valence-electron chi connectivity index (χ4n) is 2.85. The number of aliphatic carboxylic acids is 1. The summed E-state index contributed by atoms with van der Waals surface area (Å²) in [6, 6.07) is 0.